The van der Waals surface area contributed by atoms with E-state index in [1.165, 1.54) is 0 Å². The SMILES string of the molecule is CC(C)Oc1ccc(Oc2cnc3cc(Cl)ccc3n2)cc1.CCOC(=O)C(OC=O)=C(C)C. The van der Waals surface area contributed by atoms with Crippen LogP contribution in [0.15, 0.2) is 60.0 Å². The lowest BCUT2D eigenvalue weighted by molar-refractivity contribution is -0.146. The van der Waals surface area contributed by atoms with E-state index in [1.54, 1.807) is 39.1 Å². The number of halogens is 1. The van der Waals surface area contributed by atoms with E-state index in [1.807, 2.05) is 44.2 Å². The molecule has 0 unspecified atom stereocenters. The quantitative estimate of drug-likeness (QED) is 0.168. The molecule has 0 aliphatic carbocycles. The lowest BCUT2D eigenvalue weighted by Gasteiger charge is -2.10. The van der Waals surface area contributed by atoms with E-state index in [-0.39, 0.29) is 24.9 Å². The number of aromatic nitrogens is 2. The average molecular weight is 487 g/mol. The third-order valence-electron chi connectivity index (χ3n) is 3.98. The number of benzene rings is 2. The van der Waals surface area contributed by atoms with Crippen LogP contribution in [0.4, 0.5) is 0 Å². The number of hydrogen-bond acceptors (Lipinski definition) is 8. The zero-order chi connectivity index (χ0) is 25.1. The van der Waals surface area contributed by atoms with Crippen molar-refractivity contribution in [3.8, 4) is 17.4 Å². The summed E-state index contributed by atoms with van der Waals surface area (Å²) in [6, 6.07) is 12.8. The minimum atomic E-state index is -0.607. The molecule has 1 heterocycles. The van der Waals surface area contributed by atoms with E-state index in [4.69, 9.17) is 21.1 Å². The third kappa shape index (κ3) is 8.37. The van der Waals surface area contributed by atoms with Gasteiger partial charge in [-0.25, -0.2) is 14.8 Å². The summed E-state index contributed by atoms with van der Waals surface area (Å²) in [7, 11) is 0. The van der Waals surface area contributed by atoms with Gasteiger partial charge in [-0.15, -0.1) is 0 Å². The Balaban J connectivity index is 0.000000292. The van der Waals surface area contributed by atoms with E-state index < -0.39 is 5.97 Å². The molecule has 0 N–H and O–H groups in total. The molecule has 3 rings (SSSR count). The molecular formula is C25H27ClN2O6. The molecule has 0 aliphatic heterocycles. The van der Waals surface area contributed by atoms with Crippen LogP contribution in [0, 0.1) is 0 Å². The number of ether oxygens (including phenoxy) is 4. The van der Waals surface area contributed by atoms with Crippen LogP contribution in [0.1, 0.15) is 34.6 Å². The highest BCUT2D eigenvalue weighted by Gasteiger charge is 2.13. The Kier molecular flexibility index (Phi) is 10.3. The van der Waals surface area contributed by atoms with Gasteiger partial charge in [0.2, 0.25) is 11.6 Å². The van der Waals surface area contributed by atoms with Crippen molar-refractivity contribution in [1.82, 2.24) is 9.97 Å². The normalized spacial score (nSPS) is 10.1. The highest BCUT2D eigenvalue weighted by molar-refractivity contribution is 6.31. The van der Waals surface area contributed by atoms with Gasteiger partial charge in [0.15, 0.2) is 0 Å². The monoisotopic (exact) mass is 486 g/mol. The van der Waals surface area contributed by atoms with Gasteiger partial charge in [0.25, 0.3) is 6.47 Å². The molecule has 1 aromatic heterocycles. The van der Waals surface area contributed by atoms with Gasteiger partial charge in [-0.05, 0) is 82.7 Å². The molecule has 0 radical (unpaired) electrons. The Morgan fingerprint density at radius 3 is 2.32 bits per heavy atom. The van der Waals surface area contributed by atoms with E-state index in [0.29, 0.717) is 22.2 Å². The molecule has 0 aliphatic rings. The minimum Gasteiger partial charge on any atom is -0.491 e. The molecule has 0 saturated heterocycles. The topological polar surface area (TPSA) is 96.8 Å². The molecule has 2 aromatic carbocycles. The lowest BCUT2D eigenvalue weighted by atomic mass is 10.3. The summed E-state index contributed by atoms with van der Waals surface area (Å²) >= 11 is 5.93. The molecule has 0 fully saturated rings. The second-order valence-corrected chi connectivity index (χ2v) is 7.78. The zero-order valence-electron chi connectivity index (χ0n) is 19.7. The summed E-state index contributed by atoms with van der Waals surface area (Å²) in [6.45, 7) is 9.45. The lowest BCUT2D eigenvalue weighted by Crippen LogP contribution is -2.11. The molecule has 0 spiro atoms. The highest BCUT2D eigenvalue weighted by Crippen LogP contribution is 2.24. The maximum atomic E-state index is 11.0. The summed E-state index contributed by atoms with van der Waals surface area (Å²) in [6.07, 6.45) is 1.72. The van der Waals surface area contributed by atoms with Gasteiger partial charge in [0, 0.05) is 5.02 Å². The Bertz CT molecular complexity index is 1140. The number of allylic oxidation sites excluding steroid dienone is 1. The Hall–Kier alpha value is -3.65. The Labute approximate surface area is 203 Å². The number of esters is 1. The molecule has 0 amide bonds. The van der Waals surface area contributed by atoms with E-state index in [0.717, 1.165) is 16.8 Å². The molecule has 9 heteroatoms. The number of carbonyl (C=O) groups is 2. The molecular weight excluding hydrogens is 460 g/mol. The van der Waals surface area contributed by atoms with Crippen LogP contribution in [0.2, 0.25) is 5.02 Å². The Morgan fingerprint density at radius 2 is 1.74 bits per heavy atom. The molecule has 8 nitrogen and oxygen atoms in total. The molecule has 0 atom stereocenters. The van der Waals surface area contributed by atoms with Gasteiger partial charge in [-0.1, -0.05) is 11.6 Å². The number of carbonyl (C=O) groups excluding carboxylic acids is 2. The summed E-state index contributed by atoms with van der Waals surface area (Å²) in [5.74, 6) is 1.28. The van der Waals surface area contributed by atoms with Crippen LogP contribution in [0.5, 0.6) is 17.4 Å². The predicted molar refractivity (Wildman–Crippen MR) is 129 cm³/mol. The molecule has 0 saturated carbocycles. The van der Waals surface area contributed by atoms with Crippen molar-refractivity contribution in [2.45, 2.75) is 40.7 Å². The number of nitrogens with zero attached hydrogens (tertiary/aromatic N) is 2. The first kappa shape index (κ1) is 26.6. The first-order chi connectivity index (χ1) is 16.2. The smallest absolute Gasteiger partial charge is 0.374 e. The van der Waals surface area contributed by atoms with Crippen molar-refractivity contribution >= 4 is 35.1 Å². The summed E-state index contributed by atoms with van der Waals surface area (Å²) in [5.41, 5.74) is 2.09. The number of rotatable bonds is 8. The highest BCUT2D eigenvalue weighted by atomic mass is 35.5. The largest absolute Gasteiger partial charge is 0.491 e. The van der Waals surface area contributed by atoms with E-state index >= 15 is 0 Å². The van der Waals surface area contributed by atoms with Gasteiger partial charge in [-0.2, -0.15) is 0 Å². The molecule has 34 heavy (non-hydrogen) atoms. The molecule has 180 valence electrons. The number of hydrogen-bond donors (Lipinski definition) is 0. The van der Waals surface area contributed by atoms with Crippen molar-refractivity contribution in [2.24, 2.45) is 0 Å². The maximum absolute atomic E-state index is 11.0. The van der Waals surface area contributed by atoms with Gasteiger partial charge < -0.3 is 18.9 Å². The number of fused-ring (bicyclic) bond motifs is 1. The van der Waals surface area contributed by atoms with Gasteiger partial charge in [0.1, 0.15) is 11.5 Å². The zero-order valence-corrected chi connectivity index (χ0v) is 20.5. The predicted octanol–water partition coefficient (Wildman–Crippen LogP) is 5.88. The average Bonchev–Trinajstić information content (AvgIpc) is 2.79. The fraction of sp³-hybridized carbons (Fsp3) is 0.280. The van der Waals surface area contributed by atoms with Crippen LogP contribution in [0.25, 0.3) is 11.0 Å². The van der Waals surface area contributed by atoms with Gasteiger partial charge in [0.05, 0.1) is 29.9 Å². The second-order valence-electron chi connectivity index (χ2n) is 7.35. The van der Waals surface area contributed by atoms with Crippen molar-refractivity contribution in [3.05, 3.63) is 65.0 Å². The standard InChI is InChI=1S/C17H15ClN2O2.C8H12O4/c1-11(2)21-13-4-6-14(7-5-13)22-17-10-19-16-9-12(18)3-8-15(16)20-17;1-4-11-8(10)7(6(2)3)12-5-9/h3-11H,1-2H3;5H,4H2,1-3H3. The van der Waals surface area contributed by atoms with Gasteiger partial charge >= 0.3 is 5.97 Å². The summed E-state index contributed by atoms with van der Waals surface area (Å²) in [5, 5.41) is 0.635. The van der Waals surface area contributed by atoms with Crippen LogP contribution in [-0.4, -0.2) is 35.1 Å². The molecule has 0 bridgehead atoms. The van der Waals surface area contributed by atoms with Gasteiger partial charge in [-0.3, -0.25) is 4.79 Å². The first-order valence-electron chi connectivity index (χ1n) is 10.5. The van der Waals surface area contributed by atoms with Crippen LogP contribution in [0.3, 0.4) is 0 Å². The van der Waals surface area contributed by atoms with Crippen LogP contribution >= 0.6 is 11.6 Å². The fourth-order valence-electron chi connectivity index (χ4n) is 2.61. The second kappa shape index (κ2) is 13.2. The summed E-state index contributed by atoms with van der Waals surface area (Å²) < 4.78 is 20.4. The maximum Gasteiger partial charge on any atom is 0.374 e. The van der Waals surface area contributed by atoms with E-state index in [9.17, 15) is 9.59 Å². The Morgan fingerprint density at radius 1 is 1.06 bits per heavy atom. The first-order valence-corrected chi connectivity index (χ1v) is 10.9. The van der Waals surface area contributed by atoms with Crippen LogP contribution in [-0.2, 0) is 19.1 Å². The van der Waals surface area contributed by atoms with E-state index in [2.05, 4.69) is 19.4 Å². The fourth-order valence-corrected chi connectivity index (χ4v) is 2.78. The minimum absolute atomic E-state index is 0.0353. The van der Waals surface area contributed by atoms with Crippen molar-refractivity contribution in [3.63, 3.8) is 0 Å². The van der Waals surface area contributed by atoms with Crippen LogP contribution < -0.4 is 9.47 Å². The van der Waals surface area contributed by atoms with Crippen molar-refractivity contribution in [2.75, 3.05) is 6.61 Å². The van der Waals surface area contributed by atoms with Crippen molar-refractivity contribution < 1.29 is 28.5 Å². The molecule has 3 aromatic rings. The van der Waals surface area contributed by atoms with Crippen molar-refractivity contribution in [1.29, 1.82) is 0 Å². The summed E-state index contributed by atoms with van der Waals surface area (Å²) in [4.78, 5) is 29.7. The third-order valence-corrected chi connectivity index (χ3v) is 4.22.